The fourth-order valence-corrected chi connectivity index (χ4v) is 3.09. The zero-order valence-corrected chi connectivity index (χ0v) is 12.8. The van der Waals surface area contributed by atoms with Gasteiger partial charge in [0.05, 0.1) is 11.4 Å². The topological polar surface area (TPSA) is 69.7 Å². The Labute approximate surface area is 139 Å². The average molecular weight is 316 g/mol. The van der Waals surface area contributed by atoms with Crippen molar-refractivity contribution in [2.24, 2.45) is 5.84 Å². The summed E-state index contributed by atoms with van der Waals surface area (Å²) in [5, 5.41) is 25.1. The van der Waals surface area contributed by atoms with Gasteiger partial charge in [-0.15, -0.1) is 0 Å². The van der Waals surface area contributed by atoms with E-state index in [4.69, 9.17) is 5.84 Å². The fraction of sp³-hybridized carbons (Fsp3) is 0. The van der Waals surface area contributed by atoms with Gasteiger partial charge in [0, 0.05) is 22.2 Å². The van der Waals surface area contributed by atoms with Crippen LogP contribution in [0.25, 0.3) is 21.5 Å². The first-order valence-corrected chi connectivity index (χ1v) is 7.62. The Morgan fingerprint density at radius 1 is 0.667 bits per heavy atom. The fourth-order valence-electron chi connectivity index (χ4n) is 3.09. The van der Waals surface area contributed by atoms with Crippen LogP contribution in [0.5, 0.6) is 11.5 Å². The van der Waals surface area contributed by atoms with Crippen molar-refractivity contribution in [3.05, 3.63) is 72.8 Å². The number of hydrazine groups is 1. The summed E-state index contributed by atoms with van der Waals surface area (Å²) in [6.45, 7) is 0. The van der Waals surface area contributed by atoms with Crippen molar-refractivity contribution in [1.29, 1.82) is 0 Å². The molecule has 0 unspecified atom stereocenters. The van der Waals surface area contributed by atoms with E-state index in [0.29, 0.717) is 5.69 Å². The van der Waals surface area contributed by atoms with Gasteiger partial charge >= 0.3 is 0 Å². The number of fused-ring (bicyclic) bond motifs is 2. The molecule has 0 aromatic heterocycles. The summed E-state index contributed by atoms with van der Waals surface area (Å²) in [6, 6.07) is 22.0. The van der Waals surface area contributed by atoms with Crippen molar-refractivity contribution < 1.29 is 10.2 Å². The summed E-state index contributed by atoms with van der Waals surface area (Å²) >= 11 is 0. The van der Waals surface area contributed by atoms with E-state index >= 15 is 0 Å². The van der Waals surface area contributed by atoms with Crippen LogP contribution in [0.15, 0.2) is 72.8 Å². The highest BCUT2D eigenvalue weighted by Crippen LogP contribution is 2.38. The largest absolute Gasteiger partial charge is 0.508 e. The van der Waals surface area contributed by atoms with Gasteiger partial charge in [-0.3, -0.25) is 5.01 Å². The van der Waals surface area contributed by atoms with Gasteiger partial charge in [-0.2, -0.15) is 0 Å². The molecule has 0 radical (unpaired) electrons. The second-order valence-corrected chi connectivity index (χ2v) is 5.71. The number of hydrogen-bond acceptors (Lipinski definition) is 4. The third-order valence-corrected chi connectivity index (χ3v) is 4.22. The van der Waals surface area contributed by atoms with Gasteiger partial charge in [0.25, 0.3) is 0 Å². The van der Waals surface area contributed by atoms with E-state index in [-0.39, 0.29) is 11.5 Å². The smallest absolute Gasteiger partial charge is 0.123 e. The minimum absolute atomic E-state index is 0.155. The summed E-state index contributed by atoms with van der Waals surface area (Å²) in [7, 11) is 0. The highest BCUT2D eigenvalue weighted by molar-refractivity contribution is 6.03. The molecule has 0 aliphatic carbocycles. The van der Waals surface area contributed by atoms with Crippen LogP contribution in [0, 0.1) is 0 Å². The van der Waals surface area contributed by atoms with E-state index in [0.717, 1.165) is 27.2 Å². The maximum absolute atomic E-state index is 10.1. The first kappa shape index (κ1) is 14.4. The zero-order valence-electron chi connectivity index (χ0n) is 12.8. The number of hydrogen-bond donors (Lipinski definition) is 3. The lowest BCUT2D eigenvalue weighted by Gasteiger charge is -2.23. The molecule has 4 aromatic carbocycles. The number of phenolic OH excluding ortho intramolecular Hbond substituents is 2. The Balaban J connectivity index is 1.98. The molecule has 0 aliphatic heterocycles. The molecule has 0 aliphatic rings. The number of nitrogens with zero attached hydrogens (tertiary/aromatic N) is 1. The van der Waals surface area contributed by atoms with Crippen molar-refractivity contribution in [3.63, 3.8) is 0 Å². The van der Waals surface area contributed by atoms with Crippen LogP contribution >= 0.6 is 0 Å². The SMILES string of the molecule is NN(c1cc(O)cc2ccccc12)c1cccc2c(O)cccc12. The van der Waals surface area contributed by atoms with E-state index in [1.165, 1.54) is 0 Å². The predicted molar refractivity (Wildman–Crippen MR) is 97.6 cm³/mol. The Morgan fingerprint density at radius 3 is 2.25 bits per heavy atom. The van der Waals surface area contributed by atoms with Crippen LogP contribution in [-0.2, 0) is 0 Å². The molecule has 0 fully saturated rings. The van der Waals surface area contributed by atoms with Crippen molar-refractivity contribution in [1.82, 2.24) is 0 Å². The van der Waals surface area contributed by atoms with E-state index in [2.05, 4.69) is 0 Å². The van der Waals surface area contributed by atoms with Crippen molar-refractivity contribution in [2.75, 3.05) is 5.01 Å². The molecule has 0 amide bonds. The zero-order chi connectivity index (χ0) is 16.7. The molecule has 4 aromatic rings. The Bertz CT molecular complexity index is 1060. The second-order valence-electron chi connectivity index (χ2n) is 5.71. The second kappa shape index (κ2) is 5.44. The van der Waals surface area contributed by atoms with Crippen molar-refractivity contribution >= 4 is 32.9 Å². The van der Waals surface area contributed by atoms with E-state index in [1.54, 1.807) is 29.3 Å². The molecular weight excluding hydrogens is 300 g/mol. The molecule has 4 heteroatoms. The predicted octanol–water partition coefficient (Wildman–Crippen LogP) is 4.42. The van der Waals surface area contributed by atoms with Gasteiger partial charge in [-0.25, -0.2) is 5.84 Å². The number of nitrogens with two attached hydrogens (primary N) is 1. The first-order chi connectivity index (χ1) is 11.6. The maximum atomic E-state index is 10.1. The molecule has 0 atom stereocenters. The Morgan fingerprint density at radius 2 is 1.38 bits per heavy atom. The summed E-state index contributed by atoms with van der Waals surface area (Å²) in [5.41, 5.74) is 1.44. The van der Waals surface area contributed by atoms with Crippen LogP contribution in [-0.4, -0.2) is 10.2 Å². The molecule has 0 heterocycles. The van der Waals surface area contributed by atoms with Crippen LogP contribution in [0.2, 0.25) is 0 Å². The number of rotatable bonds is 2. The van der Waals surface area contributed by atoms with Crippen LogP contribution in [0.4, 0.5) is 11.4 Å². The Kier molecular flexibility index (Phi) is 3.25. The van der Waals surface area contributed by atoms with Gasteiger partial charge in [0.15, 0.2) is 0 Å². The maximum Gasteiger partial charge on any atom is 0.123 e. The highest BCUT2D eigenvalue weighted by atomic mass is 16.3. The third-order valence-electron chi connectivity index (χ3n) is 4.22. The van der Waals surface area contributed by atoms with Gasteiger partial charge in [-0.05, 0) is 23.6 Å². The highest BCUT2D eigenvalue weighted by Gasteiger charge is 2.14. The molecule has 4 rings (SSSR count). The molecule has 0 spiro atoms. The molecule has 0 saturated heterocycles. The molecule has 4 N–H and O–H groups in total. The van der Waals surface area contributed by atoms with E-state index < -0.39 is 0 Å². The van der Waals surface area contributed by atoms with Gasteiger partial charge < -0.3 is 10.2 Å². The van der Waals surface area contributed by atoms with Gasteiger partial charge in [-0.1, -0.05) is 48.5 Å². The standard InChI is InChI=1S/C20H16N2O2/c21-22(18-9-3-8-17-16(18)7-4-10-20(17)24)19-12-14(23)11-13-5-1-2-6-15(13)19/h1-12,23-24H,21H2. The summed E-state index contributed by atoms with van der Waals surface area (Å²) in [5.74, 6) is 6.77. The number of benzene rings is 4. The van der Waals surface area contributed by atoms with Crippen molar-refractivity contribution in [3.8, 4) is 11.5 Å². The lowest BCUT2D eigenvalue weighted by Crippen LogP contribution is -2.25. The molecule has 24 heavy (non-hydrogen) atoms. The molecule has 0 saturated carbocycles. The molecular formula is C20H16N2O2. The first-order valence-electron chi connectivity index (χ1n) is 7.62. The lowest BCUT2D eigenvalue weighted by molar-refractivity contribution is 0.476. The summed E-state index contributed by atoms with van der Waals surface area (Å²) < 4.78 is 0. The minimum atomic E-state index is 0.155. The molecule has 0 bridgehead atoms. The summed E-state index contributed by atoms with van der Waals surface area (Å²) in [4.78, 5) is 0. The monoisotopic (exact) mass is 316 g/mol. The van der Waals surface area contributed by atoms with Crippen LogP contribution < -0.4 is 10.9 Å². The van der Waals surface area contributed by atoms with Gasteiger partial charge in [0.2, 0.25) is 0 Å². The van der Waals surface area contributed by atoms with Crippen LogP contribution in [0.3, 0.4) is 0 Å². The Hall–Kier alpha value is -3.24. The minimum Gasteiger partial charge on any atom is -0.508 e. The lowest BCUT2D eigenvalue weighted by atomic mass is 10.0. The number of anilines is 2. The molecule has 4 nitrogen and oxygen atoms in total. The number of aromatic hydroxyl groups is 2. The normalized spacial score (nSPS) is 11.0. The summed E-state index contributed by atoms with van der Waals surface area (Å²) in [6.07, 6.45) is 0. The van der Waals surface area contributed by atoms with Crippen LogP contribution in [0.1, 0.15) is 0 Å². The average Bonchev–Trinajstić information content (AvgIpc) is 2.60. The van der Waals surface area contributed by atoms with Crippen molar-refractivity contribution in [2.45, 2.75) is 0 Å². The van der Waals surface area contributed by atoms with Gasteiger partial charge in [0.1, 0.15) is 11.5 Å². The quantitative estimate of drug-likeness (QED) is 0.378. The van der Waals surface area contributed by atoms with E-state index in [1.807, 2.05) is 48.5 Å². The van der Waals surface area contributed by atoms with E-state index in [9.17, 15) is 10.2 Å². The third kappa shape index (κ3) is 2.21. The molecule has 118 valence electrons. The number of phenols is 2.